The van der Waals surface area contributed by atoms with Crippen molar-refractivity contribution in [1.82, 2.24) is 4.90 Å². The maximum absolute atomic E-state index is 14.8. The summed E-state index contributed by atoms with van der Waals surface area (Å²) in [5.41, 5.74) is 0. The third-order valence-electron chi connectivity index (χ3n) is 3.63. The lowest BCUT2D eigenvalue weighted by Crippen LogP contribution is -2.48. The van der Waals surface area contributed by atoms with Gasteiger partial charge in [0.25, 0.3) is 5.25 Å². The van der Waals surface area contributed by atoms with E-state index in [0.29, 0.717) is 21.7 Å². The molecule has 1 aliphatic heterocycles. The first-order chi connectivity index (χ1) is 14.1. The van der Waals surface area contributed by atoms with Crippen molar-refractivity contribution in [3.05, 3.63) is 29.3 Å². The van der Waals surface area contributed by atoms with Gasteiger partial charge in [-0.1, -0.05) is 35.1 Å². The highest BCUT2D eigenvalue weighted by Crippen LogP contribution is 2.42. The molecule has 0 N–H and O–H groups in total. The molecule has 1 aromatic carbocycles. The van der Waals surface area contributed by atoms with Crippen molar-refractivity contribution in [2.45, 2.75) is 28.6 Å². The maximum atomic E-state index is 14.8. The highest BCUT2D eigenvalue weighted by atomic mass is 35.5. The number of thioether (sulfide) groups is 2. The molecular weight excluding hydrogens is 479 g/mol. The summed E-state index contributed by atoms with van der Waals surface area (Å²) in [6.45, 7) is 1.59. The van der Waals surface area contributed by atoms with Gasteiger partial charge < -0.3 is 14.0 Å². The van der Waals surface area contributed by atoms with Crippen LogP contribution >= 0.6 is 47.3 Å². The number of halogens is 3. The molecule has 0 bridgehead atoms. The number of hydrogen-bond donors (Lipinski definition) is 0. The number of rotatable bonds is 7. The number of thiocarbonyl (C=S) groups is 1. The molecule has 0 spiro atoms. The molecule has 1 fully saturated rings. The fourth-order valence-electron chi connectivity index (χ4n) is 2.43. The number of nitrogens with zero attached hydrogens (tertiary/aromatic N) is 1. The van der Waals surface area contributed by atoms with Crippen LogP contribution in [0.25, 0.3) is 0 Å². The number of hydrogen-bond acceptors (Lipinski definition) is 9. The van der Waals surface area contributed by atoms with Crippen LogP contribution in [-0.4, -0.2) is 65.5 Å². The summed E-state index contributed by atoms with van der Waals surface area (Å²) >= 11 is 11.9. The lowest BCUT2D eigenvalue weighted by atomic mass is 9.81. The highest BCUT2D eigenvalue weighted by molar-refractivity contribution is 8.23. The second-order valence-electron chi connectivity index (χ2n) is 6.26. The zero-order valence-electron chi connectivity index (χ0n) is 16.1. The van der Waals surface area contributed by atoms with Crippen LogP contribution in [0.2, 0.25) is 5.02 Å². The highest BCUT2D eigenvalue weighted by Gasteiger charge is 2.47. The van der Waals surface area contributed by atoms with Crippen LogP contribution in [0.5, 0.6) is 0 Å². The molecule has 1 saturated heterocycles. The Morgan fingerprint density at radius 1 is 1.30 bits per heavy atom. The molecule has 0 aliphatic carbocycles. The van der Waals surface area contributed by atoms with Crippen LogP contribution < -0.4 is 0 Å². The van der Waals surface area contributed by atoms with Gasteiger partial charge in [0.15, 0.2) is 0 Å². The summed E-state index contributed by atoms with van der Waals surface area (Å²) in [6, 6.07) is 5.95. The molecule has 164 valence electrons. The topological polar surface area (TPSA) is 65.1 Å². The van der Waals surface area contributed by atoms with Crippen LogP contribution in [-0.2, 0) is 23.6 Å². The van der Waals surface area contributed by atoms with E-state index in [0.717, 1.165) is 11.8 Å². The third kappa shape index (κ3) is 8.58. The zero-order valence-corrected chi connectivity index (χ0v) is 19.3. The van der Waals surface area contributed by atoms with Gasteiger partial charge in [0.1, 0.15) is 0 Å². The Bertz CT molecular complexity index is 754. The van der Waals surface area contributed by atoms with Crippen LogP contribution in [0.1, 0.15) is 13.3 Å². The minimum atomic E-state index is -3.29. The van der Waals surface area contributed by atoms with E-state index < -0.39 is 35.9 Å². The molecular formula is C17H19BClF2NO5S3. The SMILES string of the molecule is CCOC(=S)SC(CC(F)(F)Sc1ccc(Cl)cc1)B1OC(=O)CN(C)CC(=O)O1. The van der Waals surface area contributed by atoms with Crippen LogP contribution in [0, 0.1) is 0 Å². The van der Waals surface area contributed by atoms with E-state index in [-0.39, 0.29) is 24.1 Å². The molecule has 0 radical (unpaired) electrons. The molecule has 1 aliphatic rings. The van der Waals surface area contributed by atoms with E-state index in [9.17, 15) is 18.4 Å². The number of carbonyl (C=O) groups is 2. The lowest BCUT2D eigenvalue weighted by Gasteiger charge is -2.28. The fourth-order valence-corrected chi connectivity index (χ4v) is 4.97. The van der Waals surface area contributed by atoms with Crippen molar-refractivity contribution >= 4 is 70.8 Å². The quantitative estimate of drug-likeness (QED) is 0.317. The standard InChI is InChI=1S/C17H19BClF2NO5S3/c1-3-25-16(28)29-13(18-26-14(23)9-22(2)10-15(24)27-18)8-17(20,21)30-12-6-4-11(19)5-7-12/h4-7,13H,3,8-10H2,1-2H3. The molecule has 0 saturated carbocycles. The molecule has 1 unspecified atom stereocenters. The number of likely N-dealkylation sites (N-methyl/N-ethyl adjacent to an activating group) is 1. The van der Waals surface area contributed by atoms with Gasteiger partial charge in [0.05, 0.1) is 24.8 Å². The fraction of sp³-hybridized carbons (Fsp3) is 0.471. The van der Waals surface area contributed by atoms with Crippen LogP contribution in [0.4, 0.5) is 8.78 Å². The Hall–Kier alpha value is -1.08. The first kappa shape index (κ1) is 25.2. The van der Waals surface area contributed by atoms with Gasteiger partial charge in [0.2, 0.25) is 4.38 Å². The van der Waals surface area contributed by atoms with Gasteiger partial charge in [-0.3, -0.25) is 14.5 Å². The average molecular weight is 498 g/mol. The summed E-state index contributed by atoms with van der Waals surface area (Å²) in [7, 11) is 0.00901. The molecule has 2 rings (SSSR count). The summed E-state index contributed by atoms with van der Waals surface area (Å²) < 4.78 is 45.2. The molecule has 30 heavy (non-hydrogen) atoms. The van der Waals surface area contributed by atoms with Crippen LogP contribution in [0.15, 0.2) is 29.2 Å². The van der Waals surface area contributed by atoms with Gasteiger partial charge in [0, 0.05) is 16.3 Å². The van der Waals surface area contributed by atoms with Crippen molar-refractivity contribution in [2.24, 2.45) is 0 Å². The molecule has 1 atom stereocenters. The van der Waals surface area contributed by atoms with E-state index in [2.05, 4.69) is 0 Å². The van der Waals surface area contributed by atoms with Gasteiger partial charge >= 0.3 is 19.1 Å². The van der Waals surface area contributed by atoms with Gasteiger partial charge in [-0.15, -0.1) is 0 Å². The van der Waals surface area contributed by atoms with E-state index in [4.69, 9.17) is 37.9 Å². The summed E-state index contributed by atoms with van der Waals surface area (Å²) in [5, 5.41) is -4.03. The largest absolute Gasteiger partial charge is 0.613 e. The van der Waals surface area contributed by atoms with Crippen molar-refractivity contribution in [3.8, 4) is 0 Å². The third-order valence-corrected chi connectivity index (χ3v) is 6.26. The minimum absolute atomic E-state index is 0.0129. The normalized spacial score (nSPS) is 16.9. The summed E-state index contributed by atoms with van der Waals surface area (Å²) in [5.74, 6) is -1.40. The van der Waals surface area contributed by atoms with Crippen molar-refractivity contribution in [3.63, 3.8) is 0 Å². The van der Waals surface area contributed by atoms with Crippen LogP contribution in [0.3, 0.4) is 0 Å². The number of alkyl halides is 2. The van der Waals surface area contributed by atoms with Crippen molar-refractivity contribution < 1.29 is 32.4 Å². The smallest absolute Gasteiger partial charge is 0.497 e. The van der Waals surface area contributed by atoms with Gasteiger partial charge in [-0.25, -0.2) is 0 Å². The van der Waals surface area contributed by atoms with Crippen molar-refractivity contribution in [1.29, 1.82) is 0 Å². The molecule has 0 aromatic heterocycles. The first-order valence-corrected chi connectivity index (χ1v) is 11.3. The molecule has 13 heteroatoms. The van der Waals surface area contributed by atoms with Gasteiger partial charge in [-0.05, 0) is 50.5 Å². The number of ether oxygens (including phenoxy) is 1. The second-order valence-corrected chi connectivity index (χ2v) is 9.81. The Morgan fingerprint density at radius 3 is 2.40 bits per heavy atom. The maximum Gasteiger partial charge on any atom is 0.613 e. The average Bonchev–Trinajstić information content (AvgIpc) is 2.61. The number of benzene rings is 1. The molecule has 0 amide bonds. The van der Waals surface area contributed by atoms with E-state index in [1.165, 1.54) is 36.2 Å². The first-order valence-electron chi connectivity index (χ1n) is 8.81. The number of carbonyl (C=O) groups excluding carboxylic acids is 2. The predicted molar refractivity (Wildman–Crippen MR) is 118 cm³/mol. The zero-order chi connectivity index (χ0) is 22.3. The van der Waals surface area contributed by atoms with E-state index in [1.807, 2.05) is 0 Å². The molecule has 1 heterocycles. The Kier molecular flexibility index (Phi) is 9.67. The Morgan fingerprint density at radius 2 is 1.87 bits per heavy atom. The van der Waals surface area contributed by atoms with Gasteiger partial charge in [-0.2, -0.15) is 8.78 Å². The predicted octanol–water partition coefficient (Wildman–Crippen LogP) is 3.90. The van der Waals surface area contributed by atoms with Crippen molar-refractivity contribution in [2.75, 3.05) is 26.7 Å². The second kappa shape index (κ2) is 11.5. The lowest BCUT2D eigenvalue weighted by molar-refractivity contribution is -0.145. The molecule has 1 aromatic rings. The minimum Gasteiger partial charge on any atom is -0.497 e. The summed E-state index contributed by atoms with van der Waals surface area (Å²) in [6.07, 6.45) is -0.792. The summed E-state index contributed by atoms with van der Waals surface area (Å²) in [4.78, 5) is 25.8. The molecule has 6 nitrogen and oxygen atoms in total. The van der Waals surface area contributed by atoms with E-state index in [1.54, 1.807) is 6.92 Å². The van der Waals surface area contributed by atoms with E-state index >= 15 is 0 Å². The monoisotopic (exact) mass is 497 g/mol. The Labute approximate surface area is 192 Å². The Balaban J connectivity index is 2.19.